The van der Waals surface area contributed by atoms with Crippen molar-refractivity contribution in [2.75, 3.05) is 0 Å². The van der Waals surface area contributed by atoms with Crippen molar-refractivity contribution in [2.45, 2.75) is 33.7 Å². The van der Waals surface area contributed by atoms with Gasteiger partial charge >= 0.3 is 0 Å². The van der Waals surface area contributed by atoms with Crippen molar-refractivity contribution in [1.82, 2.24) is 10.4 Å². The molecule has 0 radical (unpaired) electrons. The van der Waals surface area contributed by atoms with Gasteiger partial charge in [0.2, 0.25) is 0 Å². The van der Waals surface area contributed by atoms with E-state index in [1.165, 1.54) is 11.1 Å². The summed E-state index contributed by atoms with van der Waals surface area (Å²) in [5, 5.41) is 0. The lowest BCUT2D eigenvalue weighted by atomic mass is 9.96. The van der Waals surface area contributed by atoms with Crippen molar-refractivity contribution in [3.63, 3.8) is 0 Å². The van der Waals surface area contributed by atoms with Crippen molar-refractivity contribution in [3.05, 3.63) is 64.0 Å². The number of aromatic nitrogens is 1. The second-order valence-electron chi connectivity index (χ2n) is 5.24. The molecule has 0 fully saturated rings. The van der Waals surface area contributed by atoms with Crippen LogP contribution in [0.1, 0.15) is 39.6 Å². The molecule has 3 nitrogen and oxygen atoms in total. The van der Waals surface area contributed by atoms with Gasteiger partial charge in [-0.05, 0) is 44.4 Å². The summed E-state index contributed by atoms with van der Waals surface area (Å²) in [6.45, 7) is 8.31. The van der Waals surface area contributed by atoms with Gasteiger partial charge in [0, 0.05) is 6.20 Å². The third-order valence-electron chi connectivity index (χ3n) is 3.27. The molecule has 3 heteroatoms. The summed E-state index contributed by atoms with van der Waals surface area (Å²) >= 11 is 0. The van der Waals surface area contributed by atoms with Crippen molar-refractivity contribution in [1.29, 1.82) is 0 Å². The monoisotopic (exact) mass is 255 g/mol. The first kappa shape index (κ1) is 13.7. The highest BCUT2D eigenvalue weighted by Gasteiger charge is 2.16. The van der Waals surface area contributed by atoms with Gasteiger partial charge in [0.05, 0.1) is 11.7 Å². The van der Waals surface area contributed by atoms with Gasteiger partial charge < -0.3 is 0 Å². The summed E-state index contributed by atoms with van der Waals surface area (Å²) in [6.07, 6.45) is 1.88. The lowest BCUT2D eigenvalue weighted by Crippen LogP contribution is -2.30. The number of aryl methyl sites for hydroxylation is 4. The Kier molecular flexibility index (Phi) is 3.98. The normalized spacial score (nSPS) is 12.5. The molecule has 3 N–H and O–H groups in total. The third kappa shape index (κ3) is 3.00. The van der Waals surface area contributed by atoms with E-state index in [0.717, 1.165) is 22.4 Å². The number of rotatable bonds is 3. The van der Waals surface area contributed by atoms with Crippen LogP contribution in [-0.2, 0) is 0 Å². The number of pyridine rings is 1. The molecule has 0 spiro atoms. The average Bonchev–Trinajstić information content (AvgIpc) is 2.31. The van der Waals surface area contributed by atoms with Gasteiger partial charge in [-0.25, -0.2) is 5.43 Å². The van der Waals surface area contributed by atoms with Crippen LogP contribution in [0.3, 0.4) is 0 Å². The Labute approximate surface area is 114 Å². The molecule has 19 heavy (non-hydrogen) atoms. The Morgan fingerprint density at radius 3 is 2.11 bits per heavy atom. The van der Waals surface area contributed by atoms with Gasteiger partial charge in [0.1, 0.15) is 0 Å². The van der Waals surface area contributed by atoms with E-state index in [9.17, 15) is 0 Å². The molecule has 0 aliphatic rings. The van der Waals surface area contributed by atoms with Gasteiger partial charge in [0.15, 0.2) is 0 Å². The van der Waals surface area contributed by atoms with E-state index in [-0.39, 0.29) is 6.04 Å². The summed E-state index contributed by atoms with van der Waals surface area (Å²) in [5.74, 6) is 5.75. The highest BCUT2D eigenvalue weighted by Crippen LogP contribution is 2.24. The minimum atomic E-state index is -0.0702. The largest absolute Gasteiger partial charge is 0.271 e. The first-order valence-electron chi connectivity index (χ1n) is 6.48. The molecule has 1 aromatic carbocycles. The minimum absolute atomic E-state index is 0.0702. The van der Waals surface area contributed by atoms with Gasteiger partial charge in [-0.2, -0.15) is 0 Å². The molecule has 1 heterocycles. The van der Waals surface area contributed by atoms with Crippen LogP contribution in [0, 0.1) is 27.7 Å². The van der Waals surface area contributed by atoms with E-state index in [1.807, 2.05) is 13.1 Å². The van der Waals surface area contributed by atoms with Crippen LogP contribution in [0.4, 0.5) is 0 Å². The fourth-order valence-corrected chi connectivity index (χ4v) is 2.54. The first-order valence-corrected chi connectivity index (χ1v) is 6.48. The highest BCUT2D eigenvalue weighted by molar-refractivity contribution is 5.37. The third-order valence-corrected chi connectivity index (χ3v) is 3.27. The molecule has 0 amide bonds. The molecule has 1 atom stereocenters. The minimum Gasteiger partial charge on any atom is -0.271 e. The van der Waals surface area contributed by atoms with Crippen LogP contribution >= 0.6 is 0 Å². The topological polar surface area (TPSA) is 50.9 Å². The quantitative estimate of drug-likeness (QED) is 0.655. The summed E-state index contributed by atoms with van der Waals surface area (Å²) in [4.78, 5) is 4.54. The molecule has 0 aliphatic heterocycles. The van der Waals surface area contributed by atoms with Gasteiger partial charge in [0.25, 0.3) is 0 Å². The number of hydrazine groups is 1. The number of nitrogens with two attached hydrogens (primary N) is 1. The zero-order chi connectivity index (χ0) is 14.0. The fraction of sp³-hybridized carbons (Fsp3) is 0.312. The highest BCUT2D eigenvalue weighted by atomic mass is 15.2. The van der Waals surface area contributed by atoms with E-state index in [4.69, 9.17) is 5.84 Å². The zero-order valence-corrected chi connectivity index (χ0v) is 12.0. The molecular formula is C16H21N3. The molecule has 0 bridgehead atoms. The maximum Gasteiger partial charge on any atom is 0.0884 e. The average molecular weight is 255 g/mol. The van der Waals surface area contributed by atoms with Gasteiger partial charge in [-0.15, -0.1) is 0 Å². The van der Waals surface area contributed by atoms with Crippen LogP contribution in [-0.4, -0.2) is 4.98 Å². The van der Waals surface area contributed by atoms with Crippen molar-refractivity contribution < 1.29 is 0 Å². The molecule has 100 valence electrons. The van der Waals surface area contributed by atoms with Crippen LogP contribution in [0.15, 0.2) is 30.5 Å². The van der Waals surface area contributed by atoms with E-state index in [2.05, 4.69) is 55.4 Å². The molecule has 2 aromatic rings. The number of hydrogen-bond donors (Lipinski definition) is 2. The number of benzene rings is 1. The van der Waals surface area contributed by atoms with E-state index in [1.54, 1.807) is 0 Å². The molecule has 1 unspecified atom stereocenters. The van der Waals surface area contributed by atoms with Gasteiger partial charge in [-0.3, -0.25) is 10.8 Å². The molecule has 0 aliphatic carbocycles. The van der Waals surface area contributed by atoms with Crippen molar-refractivity contribution >= 4 is 0 Å². The maximum atomic E-state index is 5.75. The predicted octanol–water partition coefficient (Wildman–Crippen LogP) is 2.87. The summed E-state index contributed by atoms with van der Waals surface area (Å²) in [5.41, 5.74) is 9.81. The van der Waals surface area contributed by atoms with E-state index < -0.39 is 0 Å². The van der Waals surface area contributed by atoms with Crippen molar-refractivity contribution in [2.24, 2.45) is 5.84 Å². The summed E-state index contributed by atoms with van der Waals surface area (Å²) in [7, 11) is 0. The Balaban J connectivity index is 2.49. The van der Waals surface area contributed by atoms with Crippen LogP contribution in [0.2, 0.25) is 0 Å². The molecule has 0 saturated heterocycles. The Bertz CT molecular complexity index is 570. The van der Waals surface area contributed by atoms with Gasteiger partial charge in [-0.1, -0.05) is 35.4 Å². The van der Waals surface area contributed by atoms with E-state index >= 15 is 0 Å². The van der Waals surface area contributed by atoms with E-state index in [0.29, 0.717) is 0 Å². The zero-order valence-electron chi connectivity index (χ0n) is 12.0. The Morgan fingerprint density at radius 1 is 0.947 bits per heavy atom. The standard InChI is InChI=1S/C16H21N3/c1-10-5-11(2)8-14(7-10)16(19-17)15-13(4)6-12(3)9-18-15/h5-9,16,19H,17H2,1-4H3. The number of nitrogens with zero attached hydrogens (tertiary/aromatic N) is 1. The second kappa shape index (κ2) is 5.51. The van der Waals surface area contributed by atoms with Crippen LogP contribution < -0.4 is 11.3 Å². The SMILES string of the molecule is Cc1cc(C)cc(C(NN)c2ncc(C)cc2C)c1. The Morgan fingerprint density at radius 2 is 1.58 bits per heavy atom. The molecule has 1 aromatic heterocycles. The second-order valence-corrected chi connectivity index (χ2v) is 5.24. The molecule has 2 rings (SSSR count). The summed E-state index contributed by atoms with van der Waals surface area (Å²) in [6, 6.07) is 8.53. The maximum absolute atomic E-state index is 5.75. The first-order chi connectivity index (χ1) is 9.01. The van der Waals surface area contributed by atoms with Crippen LogP contribution in [0.5, 0.6) is 0 Å². The fourth-order valence-electron chi connectivity index (χ4n) is 2.54. The lowest BCUT2D eigenvalue weighted by molar-refractivity contribution is 0.616. The molecule has 0 saturated carbocycles. The summed E-state index contributed by atoms with van der Waals surface area (Å²) < 4.78 is 0. The number of hydrogen-bond acceptors (Lipinski definition) is 3. The van der Waals surface area contributed by atoms with Crippen LogP contribution in [0.25, 0.3) is 0 Å². The lowest BCUT2D eigenvalue weighted by Gasteiger charge is -2.19. The Hall–Kier alpha value is -1.71. The predicted molar refractivity (Wildman–Crippen MR) is 78.8 cm³/mol. The smallest absolute Gasteiger partial charge is 0.0884 e. The number of nitrogens with one attached hydrogen (secondary N) is 1. The van der Waals surface area contributed by atoms with Crippen molar-refractivity contribution in [3.8, 4) is 0 Å². The molecular weight excluding hydrogens is 234 g/mol.